The van der Waals surface area contributed by atoms with Crippen molar-refractivity contribution in [3.63, 3.8) is 0 Å². The summed E-state index contributed by atoms with van der Waals surface area (Å²) in [5.74, 6) is 0.460. The van der Waals surface area contributed by atoms with Crippen molar-refractivity contribution in [1.29, 1.82) is 0 Å². The summed E-state index contributed by atoms with van der Waals surface area (Å²) in [6.45, 7) is 5.75. The number of amides is 1. The highest BCUT2D eigenvalue weighted by atomic mass is 16.5. The molecule has 1 amide bonds. The van der Waals surface area contributed by atoms with E-state index in [0.717, 1.165) is 0 Å². The Morgan fingerprint density at radius 2 is 2.05 bits per heavy atom. The van der Waals surface area contributed by atoms with Crippen LogP contribution in [0.15, 0.2) is 29.4 Å². The van der Waals surface area contributed by atoms with Crippen LogP contribution in [0.25, 0.3) is 0 Å². The van der Waals surface area contributed by atoms with Gasteiger partial charge in [-0.05, 0) is 32.4 Å². The third-order valence-electron chi connectivity index (χ3n) is 3.17. The first-order valence-corrected chi connectivity index (χ1v) is 6.70. The van der Waals surface area contributed by atoms with E-state index in [1.807, 2.05) is 39.0 Å². The summed E-state index contributed by atoms with van der Waals surface area (Å²) in [5, 5.41) is 12.3. The maximum absolute atomic E-state index is 11.9. The molecule has 0 saturated heterocycles. The zero-order valence-electron chi connectivity index (χ0n) is 12.5. The van der Waals surface area contributed by atoms with Crippen molar-refractivity contribution in [1.82, 2.24) is 4.90 Å². The topological polar surface area (TPSA) is 62.1 Å². The van der Waals surface area contributed by atoms with Crippen molar-refractivity contribution in [3.05, 3.63) is 29.8 Å². The summed E-state index contributed by atoms with van der Waals surface area (Å²) in [6, 6.07) is 7.36. The molecule has 0 spiro atoms. The third kappa shape index (κ3) is 3.98. The van der Waals surface area contributed by atoms with Crippen molar-refractivity contribution < 1.29 is 14.7 Å². The molecular formula is C15H22N2O3. The number of oxime groups is 1. The molecule has 1 aromatic carbocycles. The molecule has 1 rings (SSSR count). The fourth-order valence-corrected chi connectivity index (χ4v) is 1.68. The molecule has 0 unspecified atom stereocenters. The summed E-state index contributed by atoms with van der Waals surface area (Å²) in [6.07, 6.45) is 0.580. The number of para-hydroxylation sites is 1. The lowest BCUT2D eigenvalue weighted by atomic mass is 10.1. The lowest BCUT2D eigenvalue weighted by Crippen LogP contribution is -2.36. The molecule has 110 valence electrons. The van der Waals surface area contributed by atoms with E-state index in [2.05, 4.69) is 5.16 Å². The lowest BCUT2D eigenvalue weighted by molar-refractivity contribution is -0.133. The molecule has 0 atom stereocenters. The van der Waals surface area contributed by atoms with Crippen molar-refractivity contribution >= 4 is 11.6 Å². The van der Waals surface area contributed by atoms with E-state index < -0.39 is 0 Å². The molecule has 0 aliphatic carbocycles. The summed E-state index contributed by atoms with van der Waals surface area (Å²) in [5.41, 5.74) is 1.24. The quantitative estimate of drug-likeness (QED) is 0.494. The van der Waals surface area contributed by atoms with Gasteiger partial charge in [-0.25, -0.2) is 0 Å². The Kier molecular flexibility index (Phi) is 6.03. The van der Waals surface area contributed by atoms with E-state index in [4.69, 9.17) is 9.94 Å². The largest absolute Gasteiger partial charge is 0.483 e. The van der Waals surface area contributed by atoms with Gasteiger partial charge in [0.05, 0.1) is 5.71 Å². The van der Waals surface area contributed by atoms with Gasteiger partial charge < -0.3 is 14.8 Å². The summed E-state index contributed by atoms with van der Waals surface area (Å²) >= 11 is 0. The first-order valence-electron chi connectivity index (χ1n) is 6.70. The molecule has 5 nitrogen and oxygen atoms in total. The van der Waals surface area contributed by atoms with Gasteiger partial charge in [-0.2, -0.15) is 0 Å². The molecular weight excluding hydrogens is 256 g/mol. The number of likely N-dealkylation sites (N-methyl/N-ethyl adjacent to an activating group) is 1. The Labute approximate surface area is 119 Å². The van der Waals surface area contributed by atoms with Gasteiger partial charge in [0, 0.05) is 18.7 Å². The van der Waals surface area contributed by atoms with Crippen LogP contribution in [0.5, 0.6) is 5.75 Å². The average Bonchev–Trinajstić information content (AvgIpc) is 2.46. The number of rotatable bonds is 6. The van der Waals surface area contributed by atoms with Crippen LogP contribution in [-0.4, -0.2) is 41.4 Å². The number of carbonyl (C=O) groups excluding carboxylic acids is 1. The summed E-state index contributed by atoms with van der Waals surface area (Å²) in [4.78, 5) is 13.5. The fourth-order valence-electron chi connectivity index (χ4n) is 1.68. The Morgan fingerprint density at radius 1 is 1.40 bits per heavy atom. The van der Waals surface area contributed by atoms with Crippen LogP contribution in [-0.2, 0) is 4.79 Å². The molecule has 0 radical (unpaired) electrons. The molecule has 0 aliphatic rings. The number of ether oxygens (including phenoxy) is 1. The predicted molar refractivity (Wildman–Crippen MR) is 78.5 cm³/mol. The van der Waals surface area contributed by atoms with Crippen LogP contribution in [0.1, 0.15) is 32.8 Å². The number of benzene rings is 1. The zero-order chi connectivity index (χ0) is 15.1. The highest BCUT2D eigenvalue weighted by Crippen LogP contribution is 2.20. The highest BCUT2D eigenvalue weighted by molar-refractivity contribution is 6.02. The van der Waals surface area contributed by atoms with Gasteiger partial charge in [-0.15, -0.1) is 0 Å². The smallest absolute Gasteiger partial charge is 0.260 e. The van der Waals surface area contributed by atoms with Gasteiger partial charge in [0.15, 0.2) is 6.61 Å². The third-order valence-corrected chi connectivity index (χ3v) is 3.17. The minimum absolute atomic E-state index is 0.0336. The van der Waals surface area contributed by atoms with E-state index in [0.29, 0.717) is 23.4 Å². The van der Waals surface area contributed by atoms with Crippen molar-refractivity contribution in [3.8, 4) is 5.75 Å². The molecule has 20 heavy (non-hydrogen) atoms. The fraction of sp³-hybridized carbons (Fsp3) is 0.467. The minimum atomic E-state index is -0.0891. The minimum Gasteiger partial charge on any atom is -0.483 e. The Hall–Kier alpha value is -2.04. The Balaban J connectivity index is 2.81. The van der Waals surface area contributed by atoms with E-state index in [1.165, 1.54) is 0 Å². The highest BCUT2D eigenvalue weighted by Gasteiger charge is 2.14. The molecule has 5 heteroatoms. The molecule has 0 saturated carbocycles. The number of hydrogen-bond donors (Lipinski definition) is 1. The maximum atomic E-state index is 11.9. The molecule has 0 heterocycles. The van der Waals surface area contributed by atoms with Crippen LogP contribution in [0.2, 0.25) is 0 Å². The average molecular weight is 278 g/mol. The SMILES string of the molecule is CC/C(=N\O)c1ccccc1OCC(=O)N(C)C(C)C. The normalized spacial score (nSPS) is 11.6. The Bertz CT molecular complexity index is 484. The first-order chi connectivity index (χ1) is 9.51. The van der Waals surface area contributed by atoms with Gasteiger partial charge in [0.25, 0.3) is 5.91 Å². The van der Waals surface area contributed by atoms with Gasteiger partial charge in [-0.1, -0.05) is 24.2 Å². The second-order valence-corrected chi connectivity index (χ2v) is 4.78. The van der Waals surface area contributed by atoms with Crippen LogP contribution in [0, 0.1) is 0 Å². The monoisotopic (exact) mass is 278 g/mol. The number of hydrogen-bond acceptors (Lipinski definition) is 4. The van der Waals surface area contributed by atoms with Crippen LogP contribution >= 0.6 is 0 Å². The van der Waals surface area contributed by atoms with Crippen molar-refractivity contribution in [2.24, 2.45) is 5.16 Å². The van der Waals surface area contributed by atoms with Crippen LogP contribution in [0.3, 0.4) is 0 Å². The molecule has 0 aromatic heterocycles. The first kappa shape index (κ1) is 16.0. The Morgan fingerprint density at radius 3 is 2.60 bits per heavy atom. The predicted octanol–water partition coefficient (Wildman–Crippen LogP) is 2.52. The molecule has 1 N–H and O–H groups in total. The number of carbonyl (C=O) groups is 1. The van der Waals surface area contributed by atoms with E-state index in [1.54, 1.807) is 18.0 Å². The zero-order valence-corrected chi connectivity index (χ0v) is 12.5. The van der Waals surface area contributed by atoms with Crippen LogP contribution < -0.4 is 4.74 Å². The molecule has 0 bridgehead atoms. The van der Waals surface area contributed by atoms with E-state index in [9.17, 15) is 4.79 Å². The van der Waals surface area contributed by atoms with Gasteiger partial charge in [0.2, 0.25) is 0 Å². The molecule has 0 aliphatic heterocycles. The molecule has 1 aromatic rings. The standard InChI is InChI=1S/C15H22N2O3/c1-5-13(16-19)12-8-6-7-9-14(12)20-10-15(18)17(4)11(2)3/h6-9,11,19H,5,10H2,1-4H3/b16-13+. The second-order valence-electron chi connectivity index (χ2n) is 4.78. The maximum Gasteiger partial charge on any atom is 0.260 e. The number of nitrogens with zero attached hydrogens (tertiary/aromatic N) is 2. The van der Waals surface area contributed by atoms with Crippen molar-refractivity contribution in [2.45, 2.75) is 33.2 Å². The van der Waals surface area contributed by atoms with E-state index in [-0.39, 0.29) is 18.6 Å². The second kappa shape index (κ2) is 7.53. The van der Waals surface area contributed by atoms with Gasteiger partial charge in [0.1, 0.15) is 5.75 Å². The van der Waals surface area contributed by atoms with Gasteiger partial charge in [-0.3, -0.25) is 4.79 Å². The van der Waals surface area contributed by atoms with Gasteiger partial charge >= 0.3 is 0 Å². The van der Waals surface area contributed by atoms with Crippen LogP contribution in [0.4, 0.5) is 0 Å². The summed E-state index contributed by atoms with van der Waals surface area (Å²) < 4.78 is 5.57. The lowest BCUT2D eigenvalue weighted by Gasteiger charge is -2.21. The van der Waals surface area contributed by atoms with E-state index >= 15 is 0 Å². The van der Waals surface area contributed by atoms with Crippen molar-refractivity contribution in [2.75, 3.05) is 13.7 Å². The summed E-state index contributed by atoms with van der Waals surface area (Å²) in [7, 11) is 1.74. The molecule has 0 fully saturated rings.